The zero-order valence-electron chi connectivity index (χ0n) is 21.2. The van der Waals surface area contributed by atoms with Crippen LogP contribution in [0.2, 0.25) is 0 Å². The Morgan fingerprint density at radius 1 is 0.895 bits per heavy atom. The number of thiophene rings is 1. The van der Waals surface area contributed by atoms with Gasteiger partial charge in [-0.1, -0.05) is 18.2 Å². The van der Waals surface area contributed by atoms with Gasteiger partial charge in [-0.05, 0) is 24.3 Å². The summed E-state index contributed by atoms with van der Waals surface area (Å²) in [7, 11) is 0. The van der Waals surface area contributed by atoms with Gasteiger partial charge in [0.2, 0.25) is 0 Å². The fourth-order valence-electron chi connectivity index (χ4n) is 5.36. The lowest BCUT2D eigenvalue weighted by atomic mass is 10.1. The average molecular weight is 527 g/mol. The Morgan fingerprint density at radius 3 is 2.55 bits per heavy atom. The Bertz CT molecular complexity index is 1540. The van der Waals surface area contributed by atoms with E-state index in [0.29, 0.717) is 0 Å². The number of hydrogen-bond donors (Lipinski definition) is 1. The van der Waals surface area contributed by atoms with Crippen LogP contribution in [0.4, 0.5) is 5.82 Å². The largest absolute Gasteiger partial charge is 0.378 e. The summed E-state index contributed by atoms with van der Waals surface area (Å²) in [6, 6.07) is 14.6. The molecule has 2 aliphatic rings. The average Bonchev–Trinajstić information content (AvgIpc) is 3.61. The number of hydrogen-bond acceptors (Lipinski definition) is 9. The number of ether oxygens (including phenoxy) is 1. The molecule has 2 aliphatic heterocycles. The van der Waals surface area contributed by atoms with Gasteiger partial charge in [0.25, 0.3) is 0 Å². The standard InChI is InChI=1S/C28H30N8OS/c1-2-7-29-20(4-1)18-34-8-10-35(11-9-34)19-21-16-25-26(38-21)28(36-12-14-37-15-13-36)32-27(31-25)22-5-3-6-24-23(22)17-30-33-24/h1-7,16-17H,8-15,18-19H2,(H,30,33). The van der Waals surface area contributed by atoms with Gasteiger partial charge < -0.3 is 9.64 Å². The number of aromatic nitrogens is 5. The van der Waals surface area contributed by atoms with Crippen LogP contribution in [0.1, 0.15) is 10.6 Å². The van der Waals surface area contributed by atoms with Gasteiger partial charge >= 0.3 is 0 Å². The van der Waals surface area contributed by atoms with Crippen LogP contribution in [-0.2, 0) is 17.8 Å². The van der Waals surface area contributed by atoms with Crippen molar-refractivity contribution in [3.8, 4) is 11.4 Å². The Kier molecular flexibility index (Phi) is 6.46. The molecule has 194 valence electrons. The zero-order chi connectivity index (χ0) is 25.3. The van der Waals surface area contributed by atoms with Crippen LogP contribution in [0.25, 0.3) is 32.5 Å². The maximum Gasteiger partial charge on any atom is 0.162 e. The number of pyridine rings is 1. The molecule has 0 radical (unpaired) electrons. The quantitative estimate of drug-likeness (QED) is 0.358. The van der Waals surface area contributed by atoms with Crippen LogP contribution in [0.15, 0.2) is 54.9 Å². The molecular formula is C28H30N8OS. The van der Waals surface area contributed by atoms with Crippen molar-refractivity contribution in [2.75, 3.05) is 57.4 Å². The van der Waals surface area contributed by atoms with Crippen molar-refractivity contribution in [2.24, 2.45) is 0 Å². The van der Waals surface area contributed by atoms with Gasteiger partial charge in [-0.25, -0.2) is 9.97 Å². The van der Waals surface area contributed by atoms with E-state index in [2.05, 4.69) is 54.1 Å². The molecule has 10 heteroatoms. The lowest BCUT2D eigenvalue weighted by molar-refractivity contribution is 0.122. The fourth-order valence-corrected chi connectivity index (χ4v) is 6.52. The van der Waals surface area contributed by atoms with Gasteiger partial charge in [0.15, 0.2) is 11.6 Å². The summed E-state index contributed by atoms with van der Waals surface area (Å²) >= 11 is 1.83. The van der Waals surface area contributed by atoms with Crippen molar-refractivity contribution in [3.05, 3.63) is 65.4 Å². The highest BCUT2D eigenvalue weighted by atomic mass is 32.1. The molecule has 2 saturated heterocycles. The van der Waals surface area contributed by atoms with Gasteiger partial charge in [0, 0.05) is 74.4 Å². The molecule has 7 rings (SSSR count). The van der Waals surface area contributed by atoms with Gasteiger partial charge in [-0.15, -0.1) is 11.3 Å². The first kappa shape index (κ1) is 23.7. The monoisotopic (exact) mass is 526 g/mol. The molecule has 1 N–H and O–H groups in total. The molecule has 38 heavy (non-hydrogen) atoms. The SMILES string of the molecule is c1ccc(CN2CCN(Cc3cc4nc(-c5cccc6[nH]ncc56)nc(N5CCOCC5)c4s3)CC2)nc1. The lowest BCUT2D eigenvalue weighted by Gasteiger charge is -2.34. The van der Waals surface area contributed by atoms with Crippen LogP contribution in [-0.4, -0.2) is 87.4 Å². The number of H-pyrrole nitrogens is 1. The van der Waals surface area contributed by atoms with E-state index in [1.54, 1.807) is 0 Å². The molecule has 9 nitrogen and oxygen atoms in total. The molecule has 0 amide bonds. The molecule has 0 bridgehead atoms. The first-order valence-electron chi connectivity index (χ1n) is 13.2. The summed E-state index contributed by atoms with van der Waals surface area (Å²) in [4.78, 5) is 23.4. The minimum atomic E-state index is 0.721. The number of nitrogens with zero attached hydrogens (tertiary/aromatic N) is 7. The molecule has 1 aromatic carbocycles. The number of piperazine rings is 1. The second-order valence-corrected chi connectivity index (χ2v) is 11.0. The van der Waals surface area contributed by atoms with Crippen molar-refractivity contribution >= 4 is 38.3 Å². The van der Waals surface area contributed by atoms with Crippen LogP contribution >= 0.6 is 11.3 Å². The van der Waals surface area contributed by atoms with E-state index in [-0.39, 0.29) is 0 Å². The van der Waals surface area contributed by atoms with Crippen molar-refractivity contribution < 1.29 is 4.74 Å². The third kappa shape index (κ3) is 4.76. The topological polar surface area (TPSA) is 86.3 Å². The molecular weight excluding hydrogens is 496 g/mol. The van der Waals surface area contributed by atoms with E-state index in [1.807, 2.05) is 41.9 Å². The fraction of sp³-hybridized carbons (Fsp3) is 0.357. The van der Waals surface area contributed by atoms with Crippen LogP contribution in [0.3, 0.4) is 0 Å². The highest BCUT2D eigenvalue weighted by Crippen LogP contribution is 2.36. The van der Waals surface area contributed by atoms with Gasteiger partial charge in [0.1, 0.15) is 0 Å². The summed E-state index contributed by atoms with van der Waals surface area (Å²) in [6.45, 7) is 9.19. The minimum absolute atomic E-state index is 0.721. The van der Waals surface area contributed by atoms with Crippen molar-refractivity contribution in [2.45, 2.75) is 13.1 Å². The molecule has 4 aromatic heterocycles. The zero-order valence-corrected chi connectivity index (χ0v) is 22.0. The third-order valence-corrected chi connectivity index (χ3v) is 8.50. The predicted molar refractivity (Wildman–Crippen MR) is 150 cm³/mol. The maximum absolute atomic E-state index is 5.64. The lowest BCUT2D eigenvalue weighted by Crippen LogP contribution is -2.45. The Labute approximate surface area is 225 Å². The summed E-state index contributed by atoms with van der Waals surface area (Å²) in [5.74, 6) is 1.77. The van der Waals surface area contributed by atoms with Crippen molar-refractivity contribution in [3.63, 3.8) is 0 Å². The number of fused-ring (bicyclic) bond motifs is 2. The first-order chi connectivity index (χ1) is 18.8. The van der Waals surface area contributed by atoms with Gasteiger partial charge in [0.05, 0.1) is 40.8 Å². The second kappa shape index (κ2) is 10.4. The molecule has 0 unspecified atom stereocenters. The van der Waals surface area contributed by atoms with Crippen LogP contribution in [0, 0.1) is 0 Å². The number of rotatable bonds is 6. The predicted octanol–water partition coefficient (Wildman–Crippen LogP) is 3.78. The van der Waals surface area contributed by atoms with E-state index < -0.39 is 0 Å². The van der Waals surface area contributed by atoms with E-state index in [1.165, 1.54) is 9.58 Å². The van der Waals surface area contributed by atoms with Crippen LogP contribution < -0.4 is 4.90 Å². The summed E-state index contributed by atoms with van der Waals surface area (Å²) in [6.07, 6.45) is 3.74. The van der Waals surface area contributed by atoms with Crippen molar-refractivity contribution in [1.82, 2.24) is 34.9 Å². The second-order valence-electron chi connectivity index (χ2n) is 9.91. The molecule has 0 saturated carbocycles. The molecule has 2 fully saturated rings. The Hall–Kier alpha value is -3.44. The number of morpholine rings is 1. The number of nitrogens with one attached hydrogen (secondary N) is 1. The van der Waals surface area contributed by atoms with Crippen molar-refractivity contribution in [1.29, 1.82) is 0 Å². The first-order valence-corrected chi connectivity index (χ1v) is 14.0. The summed E-state index contributed by atoms with van der Waals surface area (Å²) in [5, 5.41) is 8.35. The highest BCUT2D eigenvalue weighted by Gasteiger charge is 2.23. The Balaban J connectivity index is 1.15. The van der Waals surface area contributed by atoms with E-state index in [9.17, 15) is 0 Å². The molecule has 0 aliphatic carbocycles. The maximum atomic E-state index is 5.64. The van der Waals surface area contributed by atoms with Gasteiger partial charge in [-0.3, -0.25) is 19.9 Å². The minimum Gasteiger partial charge on any atom is -0.378 e. The number of benzene rings is 1. The number of aromatic amines is 1. The summed E-state index contributed by atoms with van der Waals surface area (Å²) < 4.78 is 6.80. The third-order valence-electron chi connectivity index (χ3n) is 7.40. The molecule has 5 aromatic rings. The van der Waals surface area contributed by atoms with Crippen LogP contribution in [0.5, 0.6) is 0 Å². The normalized spacial score (nSPS) is 17.5. The molecule has 6 heterocycles. The molecule has 0 atom stereocenters. The number of anilines is 1. The van der Waals surface area contributed by atoms with E-state index in [0.717, 1.165) is 105 Å². The van der Waals surface area contributed by atoms with Gasteiger partial charge in [-0.2, -0.15) is 5.10 Å². The molecule has 0 spiro atoms. The smallest absolute Gasteiger partial charge is 0.162 e. The summed E-state index contributed by atoms with van der Waals surface area (Å²) in [5.41, 5.74) is 4.16. The highest BCUT2D eigenvalue weighted by molar-refractivity contribution is 7.19. The van der Waals surface area contributed by atoms with E-state index in [4.69, 9.17) is 14.7 Å². The Morgan fingerprint density at radius 2 is 1.74 bits per heavy atom. The van der Waals surface area contributed by atoms with E-state index >= 15 is 0 Å².